The molecule has 0 aliphatic rings. The first-order valence-corrected chi connectivity index (χ1v) is 10.1. The van der Waals surface area contributed by atoms with Crippen molar-refractivity contribution in [2.75, 3.05) is 6.54 Å². The van der Waals surface area contributed by atoms with E-state index in [0.717, 1.165) is 17.2 Å². The van der Waals surface area contributed by atoms with Crippen molar-refractivity contribution >= 4 is 11.7 Å². The number of carboxylic acids is 1. The topological polar surface area (TPSA) is 84.1 Å². The Morgan fingerprint density at radius 2 is 1.85 bits per heavy atom. The maximum Gasteiger partial charge on any atom is 0.417 e. The van der Waals surface area contributed by atoms with E-state index in [0.29, 0.717) is 29.9 Å². The number of carbonyl (C=O) groups is 1. The molecule has 0 saturated heterocycles. The number of aliphatic carboxylic acids is 1. The Bertz CT molecular complexity index is 1090. The molecule has 9 heteroatoms. The van der Waals surface area contributed by atoms with Gasteiger partial charge in [-0.2, -0.15) is 13.2 Å². The second kappa shape index (κ2) is 10.8. The third-order valence-corrected chi connectivity index (χ3v) is 4.87. The van der Waals surface area contributed by atoms with E-state index in [-0.39, 0.29) is 18.6 Å². The number of furan rings is 1. The van der Waals surface area contributed by atoms with Gasteiger partial charge in [-0.15, -0.1) is 0 Å². The van der Waals surface area contributed by atoms with Crippen molar-refractivity contribution < 1.29 is 32.3 Å². The van der Waals surface area contributed by atoms with Crippen molar-refractivity contribution in [3.8, 4) is 11.1 Å². The standard InChI is InChI=1S/C24H23F3N2O4/c1-16(19-5-2-17(3-6-19)13-28-10-8-23(30)31)29-33-14-18-4-7-21(20-9-11-32-15-20)22(12-18)24(25,26)27/h2-7,9,11-12,15,28H,8,10,13-14H2,1H3,(H,30,31)/b29-16+. The zero-order valence-electron chi connectivity index (χ0n) is 17.9. The van der Waals surface area contributed by atoms with Crippen molar-refractivity contribution in [2.45, 2.75) is 32.7 Å². The molecule has 0 spiro atoms. The summed E-state index contributed by atoms with van der Waals surface area (Å²) in [7, 11) is 0. The molecule has 6 nitrogen and oxygen atoms in total. The van der Waals surface area contributed by atoms with Crippen LogP contribution in [0.15, 0.2) is 70.6 Å². The highest BCUT2D eigenvalue weighted by molar-refractivity contribution is 5.98. The van der Waals surface area contributed by atoms with E-state index in [1.54, 1.807) is 13.0 Å². The molecular formula is C24H23F3N2O4. The summed E-state index contributed by atoms with van der Waals surface area (Å²) in [5, 5.41) is 15.7. The van der Waals surface area contributed by atoms with Gasteiger partial charge in [0.15, 0.2) is 0 Å². The van der Waals surface area contributed by atoms with Gasteiger partial charge in [0.25, 0.3) is 0 Å². The summed E-state index contributed by atoms with van der Waals surface area (Å²) in [6.45, 7) is 2.54. The Kier molecular flexibility index (Phi) is 7.89. The molecule has 2 N–H and O–H groups in total. The largest absolute Gasteiger partial charge is 0.481 e. The molecule has 0 saturated carbocycles. The van der Waals surface area contributed by atoms with Gasteiger partial charge < -0.3 is 19.7 Å². The van der Waals surface area contributed by atoms with E-state index >= 15 is 0 Å². The average Bonchev–Trinajstić information content (AvgIpc) is 3.31. The number of hydrogen-bond donors (Lipinski definition) is 2. The van der Waals surface area contributed by atoms with E-state index in [9.17, 15) is 18.0 Å². The van der Waals surface area contributed by atoms with Gasteiger partial charge in [0, 0.05) is 18.7 Å². The van der Waals surface area contributed by atoms with Crippen molar-refractivity contribution in [3.63, 3.8) is 0 Å². The summed E-state index contributed by atoms with van der Waals surface area (Å²) in [6.07, 6.45) is -1.87. The highest BCUT2D eigenvalue weighted by atomic mass is 19.4. The number of halogens is 3. The monoisotopic (exact) mass is 460 g/mol. The Balaban J connectivity index is 1.60. The molecule has 0 atom stereocenters. The first-order valence-electron chi connectivity index (χ1n) is 10.1. The molecule has 0 amide bonds. The predicted molar refractivity (Wildman–Crippen MR) is 117 cm³/mol. The van der Waals surface area contributed by atoms with Crippen molar-refractivity contribution in [1.82, 2.24) is 5.32 Å². The van der Waals surface area contributed by atoms with Crippen LogP contribution in [0.3, 0.4) is 0 Å². The van der Waals surface area contributed by atoms with E-state index in [1.807, 2.05) is 24.3 Å². The normalized spacial score (nSPS) is 12.1. The number of alkyl halides is 3. The van der Waals surface area contributed by atoms with Crippen LogP contribution in [0, 0.1) is 0 Å². The summed E-state index contributed by atoms with van der Waals surface area (Å²) in [6, 6.07) is 12.9. The fraction of sp³-hybridized carbons (Fsp3) is 0.250. The van der Waals surface area contributed by atoms with Gasteiger partial charge in [0.2, 0.25) is 0 Å². The lowest BCUT2D eigenvalue weighted by atomic mass is 9.99. The number of nitrogens with zero attached hydrogens (tertiary/aromatic N) is 1. The highest BCUT2D eigenvalue weighted by Crippen LogP contribution is 2.38. The fourth-order valence-corrected chi connectivity index (χ4v) is 3.13. The Labute approximate surface area is 188 Å². The van der Waals surface area contributed by atoms with Gasteiger partial charge in [-0.1, -0.05) is 41.6 Å². The summed E-state index contributed by atoms with van der Waals surface area (Å²) >= 11 is 0. The van der Waals surface area contributed by atoms with Gasteiger partial charge in [-0.25, -0.2) is 0 Å². The summed E-state index contributed by atoms with van der Waals surface area (Å²) in [5.74, 6) is -0.854. The minimum Gasteiger partial charge on any atom is -0.481 e. The van der Waals surface area contributed by atoms with Crippen LogP contribution < -0.4 is 5.32 Å². The number of oxime groups is 1. The Morgan fingerprint density at radius 1 is 1.12 bits per heavy atom. The zero-order valence-corrected chi connectivity index (χ0v) is 17.9. The van der Waals surface area contributed by atoms with E-state index in [2.05, 4.69) is 10.5 Å². The molecule has 3 rings (SSSR count). The predicted octanol–water partition coefficient (Wildman–Crippen LogP) is 5.47. The molecule has 174 valence electrons. The third kappa shape index (κ3) is 6.95. The van der Waals surface area contributed by atoms with Crippen molar-refractivity contribution in [1.29, 1.82) is 0 Å². The average molecular weight is 460 g/mol. The van der Waals surface area contributed by atoms with Crippen LogP contribution in [0.25, 0.3) is 11.1 Å². The van der Waals surface area contributed by atoms with Gasteiger partial charge >= 0.3 is 12.1 Å². The van der Waals surface area contributed by atoms with Crippen molar-refractivity contribution in [3.05, 3.63) is 83.3 Å². The van der Waals surface area contributed by atoms with Crippen LogP contribution in [-0.2, 0) is 29.0 Å². The summed E-state index contributed by atoms with van der Waals surface area (Å²) < 4.78 is 45.5. The number of nitrogens with one attached hydrogen (secondary N) is 1. The highest BCUT2D eigenvalue weighted by Gasteiger charge is 2.34. The zero-order chi connectivity index (χ0) is 23.8. The lowest BCUT2D eigenvalue weighted by Gasteiger charge is -2.13. The van der Waals surface area contributed by atoms with Gasteiger partial charge in [-0.05, 0) is 41.3 Å². The minimum atomic E-state index is -4.52. The van der Waals surface area contributed by atoms with Gasteiger partial charge in [-0.3, -0.25) is 4.79 Å². The lowest BCUT2D eigenvalue weighted by molar-refractivity contribution is -0.138. The van der Waals surface area contributed by atoms with E-state index in [1.165, 1.54) is 24.7 Å². The SMILES string of the molecule is C/C(=N\OCc1ccc(-c2ccoc2)c(C(F)(F)F)c1)c1ccc(CNCCC(=O)O)cc1. The van der Waals surface area contributed by atoms with Gasteiger partial charge in [0.05, 0.1) is 30.2 Å². The van der Waals surface area contributed by atoms with Crippen LogP contribution >= 0.6 is 0 Å². The van der Waals surface area contributed by atoms with E-state index < -0.39 is 17.7 Å². The third-order valence-electron chi connectivity index (χ3n) is 4.87. The molecule has 33 heavy (non-hydrogen) atoms. The Hall–Kier alpha value is -3.59. The molecule has 0 bridgehead atoms. The van der Waals surface area contributed by atoms with E-state index in [4.69, 9.17) is 14.4 Å². The molecule has 0 fully saturated rings. The summed E-state index contributed by atoms with van der Waals surface area (Å²) in [5.41, 5.74) is 2.32. The van der Waals surface area contributed by atoms with Crippen LogP contribution in [0.5, 0.6) is 0 Å². The smallest absolute Gasteiger partial charge is 0.417 e. The summed E-state index contributed by atoms with van der Waals surface area (Å²) in [4.78, 5) is 15.8. The molecule has 3 aromatic rings. The van der Waals surface area contributed by atoms with Crippen LogP contribution in [0.4, 0.5) is 13.2 Å². The van der Waals surface area contributed by atoms with Crippen LogP contribution in [-0.4, -0.2) is 23.3 Å². The van der Waals surface area contributed by atoms with Crippen LogP contribution in [0.1, 0.15) is 35.6 Å². The maximum atomic E-state index is 13.5. The minimum absolute atomic E-state index is 0.0391. The second-order valence-electron chi connectivity index (χ2n) is 7.36. The number of rotatable bonds is 10. The van der Waals surface area contributed by atoms with Gasteiger partial charge in [0.1, 0.15) is 6.61 Å². The molecule has 0 aliphatic carbocycles. The van der Waals surface area contributed by atoms with Crippen molar-refractivity contribution in [2.24, 2.45) is 5.16 Å². The maximum absolute atomic E-state index is 13.5. The quantitative estimate of drug-likeness (QED) is 0.238. The molecule has 0 unspecified atom stereocenters. The Morgan fingerprint density at radius 3 is 2.48 bits per heavy atom. The number of carboxylic acid groups (broad SMARTS) is 1. The fourth-order valence-electron chi connectivity index (χ4n) is 3.13. The molecule has 0 aliphatic heterocycles. The number of benzene rings is 2. The molecule has 1 aromatic heterocycles. The molecular weight excluding hydrogens is 437 g/mol. The first-order chi connectivity index (χ1) is 15.7. The number of hydrogen-bond acceptors (Lipinski definition) is 5. The lowest BCUT2D eigenvalue weighted by Crippen LogP contribution is -2.17. The molecule has 2 aromatic carbocycles. The first kappa shape index (κ1) is 24.1. The molecule has 1 heterocycles. The van der Waals surface area contributed by atoms with Crippen LogP contribution in [0.2, 0.25) is 0 Å². The molecule has 0 radical (unpaired) electrons. The second-order valence-corrected chi connectivity index (χ2v) is 7.36.